The van der Waals surface area contributed by atoms with Crippen LogP contribution in [0.1, 0.15) is 68.2 Å². The molecule has 0 aliphatic carbocycles. The first-order chi connectivity index (χ1) is 12.4. The molecule has 0 unspecified atom stereocenters. The SMILES string of the molecule is Cc1ccc([C@H]2CCCCCN2S(=O)(=O)c2ccc(C(C)C)cc2)cc1. The molecule has 1 fully saturated rings. The Balaban J connectivity index is 1.97. The molecule has 1 saturated heterocycles. The second-order valence-corrected chi connectivity index (χ2v) is 9.51. The van der Waals surface area contributed by atoms with Crippen molar-refractivity contribution in [3.63, 3.8) is 0 Å². The number of hydrogen-bond donors (Lipinski definition) is 0. The highest BCUT2D eigenvalue weighted by atomic mass is 32.2. The van der Waals surface area contributed by atoms with Crippen LogP contribution in [0.5, 0.6) is 0 Å². The van der Waals surface area contributed by atoms with Crippen LogP contribution in [0, 0.1) is 6.92 Å². The van der Waals surface area contributed by atoms with Gasteiger partial charge in [0.25, 0.3) is 0 Å². The molecule has 0 saturated carbocycles. The lowest BCUT2D eigenvalue weighted by atomic mass is 10.0. The van der Waals surface area contributed by atoms with Crippen molar-refractivity contribution in [2.24, 2.45) is 0 Å². The van der Waals surface area contributed by atoms with E-state index in [9.17, 15) is 8.42 Å². The maximum Gasteiger partial charge on any atom is 0.243 e. The average molecular weight is 372 g/mol. The molecule has 4 heteroatoms. The third-order valence-corrected chi connectivity index (χ3v) is 7.24. The van der Waals surface area contributed by atoms with Gasteiger partial charge in [-0.2, -0.15) is 4.31 Å². The van der Waals surface area contributed by atoms with Gasteiger partial charge in [-0.05, 0) is 48.9 Å². The first kappa shape index (κ1) is 19.1. The summed E-state index contributed by atoms with van der Waals surface area (Å²) in [7, 11) is -3.50. The summed E-state index contributed by atoms with van der Waals surface area (Å²) in [6, 6.07) is 15.6. The number of nitrogens with zero attached hydrogens (tertiary/aromatic N) is 1. The molecule has 1 atom stereocenters. The largest absolute Gasteiger partial charge is 0.243 e. The molecule has 3 nitrogen and oxygen atoms in total. The van der Waals surface area contributed by atoms with Crippen molar-refractivity contribution in [3.8, 4) is 0 Å². The molecular formula is C22H29NO2S. The Bertz CT molecular complexity index is 823. The average Bonchev–Trinajstić information content (AvgIpc) is 2.89. The zero-order valence-corrected chi connectivity index (χ0v) is 16.8. The van der Waals surface area contributed by atoms with Crippen LogP contribution < -0.4 is 0 Å². The van der Waals surface area contributed by atoms with E-state index in [1.807, 2.05) is 12.1 Å². The van der Waals surface area contributed by atoms with Gasteiger partial charge in [-0.3, -0.25) is 0 Å². The van der Waals surface area contributed by atoms with Crippen molar-refractivity contribution in [1.82, 2.24) is 4.31 Å². The van der Waals surface area contributed by atoms with Gasteiger partial charge in [0.1, 0.15) is 0 Å². The standard InChI is InChI=1S/C22H29NO2S/c1-17(2)19-12-14-21(15-13-19)26(24,25)23-16-6-4-5-7-22(23)20-10-8-18(3)9-11-20/h8-15,17,22H,4-7,16H2,1-3H3/t22-/m1/s1. The highest BCUT2D eigenvalue weighted by Gasteiger charge is 2.33. The van der Waals surface area contributed by atoms with Crippen LogP contribution in [0.25, 0.3) is 0 Å². The van der Waals surface area contributed by atoms with Crippen molar-refractivity contribution in [3.05, 3.63) is 65.2 Å². The molecule has 0 N–H and O–H groups in total. The Morgan fingerprint density at radius 3 is 2.19 bits per heavy atom. The summed E-state index contributed by atoms with van der Waals surface area (Å²) in [5, 5.41) is 0. The van der Waals surface area contributed by atoms with Crippen LogP contribution in [0.3, 0.4) is 0 Å². The number of rotatable bonds is 4. The first-order valence-electron chi connectivity index (χ1n) is 9.58. The Labute approximate surface area is 158 Å². The van der Waals surface area contributed by atoms with E-state index in [4.69, 9.17) is 0 Å². The molecule has 0 aromatic heterocycles. The lowest BCUT2D eigenvalue weighted by Crippen LogP contribution is -2.34. The predicted molar refractivity (Wildman–Crippen MR) is 107 cm³/mol. The maximum absolute atomic E-state index is 13.4. The molecule has 1 heterocycles. The van der Waals surface area contributed by atoms with Crippen molar-refractivity contribution < 1.29 is 8.42 Å². The van der Waals surface area contributed by atoms with E-state index in [2.05, 4.69) is 45.0 Å². The molecule has 2 aromatic rings. The predicted octanol–water partition coefficient (Wildman–Crippen LogP) is 5.42. The molecule has 1 aliphatic heterocycles. The molecule has 2 aromatic carbocycles. The summed E-state index contributed by atoms with van der Waals surface area (Å²) < 4.78 is 28.5. The van der Waals surface area contributed by atoms with E-state index in [0.717, 1.165) is 36.8 Å². The Morgan fingerprint density at radius 1 is 0.923 bits per heavy atom. The monoisotopic (exact) mass is 371 g/mol. The summed E-state index contributed by atoms with van der Waals surface area (Å²) in [6.07, 6.45) is 3.95. The third kappa shape index (κ3) is 4.02. The van der Waals surface area contributed by atoms with Gasteiger partial charge in [-0.25, -0.2) is 8.42 Å². The van der Waals surface area contributed by atoms with E-state index in [1.54, 1.807) is 16.4 Å². The summed E-state index contributed by atoms with van der Waals surface area (Å²) in [5.74, 6) is 0.394. The van der Waals surface area contributed by atoms with Gasteiger partial charge in [0.05, 0.1) is 10.9 Å². The molecule has 0 bridgehead atoms. The van der Waals surface area contributed by atoms with E-state index in [1.165, 1.54) is 5.56 Å². The number of aryl methyl sites for hydroxylation is 1. The minimum absolute atomic E-state index is 0.0760. The molecule has 3 rings (SSSR count). The molecule has 0 amide bonds. The van der Waals surface area contributed by atoms with Crippen LogP contribution >= 0.6 is 0 Å². The molecule has 0 radical (unpaired) electrons. The van der Waals surface area contributed by atoms with Crippen LogP contribution in [0.15, 0.2) is 53.4 Å². The normalized spacial score (nSPS) is 19.5. The summed E-state index contributed by atoms with van der Waals surface area (Å²) in [4.78, 5) is 0.404. The second-order valence-electron chi connectivity index (χ2n) is 7.62. The zero-order valence-electron chi connectivity index (χ0n) is 16.0. The Morgan fingerprint density at radius 2 is 1.58 bits per heavy atom. The minimum Gasteiger partial charge on any atom is -0.207 e. The van der Waals surface area contributed by atoms with Crippen molar-refractivity contribution >= 4 is 10.0 Å². The summed E-state index contributed by atoms with van der Waals surface area (Å²) in [6.45, 7) is 6.88. The van der Waals surface area contributed by atoms with Crippen LogP contribution in [0.4, 0.5) is 0 Å². The van der Waals surface area contributed by atoms with Gasteiger partial charge in [-0.15, -0.1) is 0 Å². The molecule has 140 valence electrons. The van der Waals surface area contributed by atoms with E-state index < -0.39 is 10.0 Å². The lowest BCUT2D eigenvalue weighted by molar-refractivity contribution is 0.329. The second kappa shape index (κ2) is 7.93. The number of hydrogen-bond acceptors (Lipinski definition) is 2. The van der Waals surface area contributed by atoms with E-state index in [-0.39, 0.29) is 6.04 Å². The highest BCUT2D eigenvalue weighted by Crippen LogP contribution is 2.35. The summed E-state index contributed by atoms with van der Waals surface area (Å²) in [5.41, 5.74) is 3.45. The molecule has 1 aliphatic rings. The topological polar surface area (TPSA) is 37.4 Å². The fourth-order valence-corrected chi connectivity index (χ4v) is 5.33. The smallest absolute Gasteiger partial charge is 0.207 e. The fraction of sp³-hybridized carbons (Fsp3) is 0.455. The van der Waals surface area contributed by atoms with Crippen molar-refractivity contribution in [1.29, 1.82) is 0 Å². The van der Waals surface area contributed by atoms with Gasteiger partial charge < -0.3 is 0 Å². The quantitative estimate of drug-likeness (QED) is 0.719. The third-order valence-electron chi connectivity index (χ3n) is 5.32. The lowest BCUT2D eigenvalue weighted by Gasteiger charge is -2.29. The summed E-state index contributed by atoms with van der Waals surface area (Å²) >= 11 is 0. The molecular weight excluding hydrogens is 342 g/mol. The van der Waals surface area contributed by atoms with Crippen LogP contribution in [-0.4, -0.2) is 19.3 Å². The van der Waals surface area contributed by atoms with E-state index in [0.29, 0.717) is 17.4 Å². The Kier molecular flexibility index (Phi) is 5.83. The van der Waals surface area contributed by atoms with Gasteiger partial charge >= 0.3 is 0 Å². The van der Waals surface area contributed by atoms with Crippen molar-refractivity contribution in [2.45, 2.75) is 63.3 Å². The van der Waals surface area contributed by atoms with Crippen molar-refractivity contribution in [2.75, 3.05) is 6.54 Å². The number of benzene rings is 2. The van der Waals surface area contributed by atoms with Gasteiger partial charge in [0.2, 0.25) is 10.0 Å². The van der Waals surface area contributed by atoms with Gasteiger partial charge in [-0.1, -0.05) is 68.7 Å². The van der Waals surface area contributed by atoms with Crippen LogP contribution in [0.2, 0.25) is 0 Å². The zero-order chi connectivity index (χ0) is 18.7. The first-order valence-corrected chi connectivity index (χ1v) is 11.0. The fourth-order valence-electron chi connectivity index (χ4n) is 3.65. The highest BCUT2D eigenvalue weighted by molar-refractivity contribution is 7.89. The molecule has 26 heavy (non-hydrogen) atoms. The van der Waals surface area contributed by atoms with Crippen LogP contribution in [-0.2, 0) is 10.0 Å². The maximum atomic E-state index is 13.4. The molecule has 0 spiro atoms. The number of sulfonamides is 1. The Hall–Kier alpha value is -1.65. The van der Waals surface area contributed by atoms with Gasteiger partial charge in [0, 0.05) is 6.54 Å². The minimum atomic E-state index is -3.50. The van der Waals surface area contributed by atoms with Gasteiger partial charge in [0.15, 0.2) is 0 Å². The van der Waals surface area contributed by atoms with E-state index >= 15 is 0 Å².